The Morgan fingerprint density at radius 3 is 2.53 bits per heavy atom. The first-order valence-corrected chi connectivity index (χ1v) is 8.94. The van der Waals surface area contributed by atoms with Crippen molar-refractivity contribution >= 4 is 15.9 Å². The summed E-state index contributed by atoms with van der Waals surface area (Å²) in [6.07, 6.45) is 7.35. The predicted molar refractivity (Wildman–Crippen MR) is 74.1 cm³/mol. The van der Waals surface area contributed by atoms with Crippen LogP contribution in [0.2, 0.25) is 0 Å². The quantitative estimate of drug-likeness (QED) is 0.766. The van der Waals surface area contributed by atoms with Gasteiger partial charge in [0.15, 0.2) is 0 Å². The maximum absolute atomic E-state index is 11.9. The van der Waals surface area contributed by atoms with Gasteiger partial charge >= 0.3 is 0 Å². The molecule has 6 heteroatoms. The van der Waals surface area contributed by atoms with Gasteiger partial charge < -0.3 is 5.32 Å². The van der Waals surface area contributed by atoms with Crippen LogP contribution < -0.4 is 10.0 Å². The summed E-state index contributed by atoms with van der Waals surface area (Å²) >= 11 is 0. The third kappa shape index (κ3) is 5.10. The van der Waals surface area contributed by atoms with E-state index >= 15 is 0 Å². The highest BCUT2D eigenvalue weighted by molar-refractivity contribution is 7.89. The molecule has 2 aliphatic rings. The predicted octanol–water partition coefficient (Wildman–Crippen LogP) is 1.01. The van der Waals surface area contributed by atoms with Crippen LogP contribution in [-0.4, -0.2) is 33.2 Å². The molecule has 0 radical (unpaired) electrons. The third-order valence-electron chi connectivity index (χ3n) is 4.17. The van der Waals surface area contributed by atoms with E-state index in [1.807, 2.05) is 0 Å². The number of rotatable bonds is 6. The molecule has 0 aromatic carbocycles. The van der Waals surface area contributed by atoms with Crippen molar-refractivity contribution in [3.63, 3.8) is 0 Å². The molecule has 2 N–H and O–H groups in total. The summed E-state index contributed by atoms with van der Waals surface area (Å²) < 4.78 is 26.4. The summed E-state index contributed by atoms with van der Waals surface area (Å²) in [4.78, 5) is 11.0. The highest BCUT2D eigenvalue weighted by atomic mass is 32.2. The van der Waals surface area contributed by atoms with Crippen LogP contribution in [0.5, 0.6) is 0 Å². The zero-order valence-corrected chi connectivity index (χ0v) is 12.2. The van der Waals surface area contributed by atoms with Crippen LogP contribution in [0, 0.1) is 11.8 Å². The lowest BCUT2D eigenvalue weighted by atomic mass is 9.88. The van der Waals surface area contributed by atoms with Gasteiger partial charge in [0.1, 0.15) is 0 Å². The number of hydrogen-bond acceptors (Lipinski definition) is 3. The second-order valence-corrected chi connectivity index (χ2v) is 7.76. The standard InChI is InChI=1S/C13H24N2O3S/c16-13-8-12(9-14-13)10-15-19(17,18)7-6-11-4-2-1-3-5-11/h11-12,15H,1-10H2,(H,14,16). The average molecular weight is 288 g/mol. The van der Waals surface area contributed by atoms with Gasteiger partial charge in [0.2, 0.25) is 15.9 Å². The lowest BCUT2D eigenvalue weighted by Gasteiger charge is -2.21. The van der Waals surface area contributed by atoms with Crippen LogP contribution in [0.4, 0.5) is 0 Å². The van der Waals surface area contributed by atoms with Gasteiger partial charge in [0.25, 0.3) is 0 Å². The molecule has 1 aliphatic carbocycles. The molecule has 1 heterocycles. The molecule has 19 heavy (non-hydrogen) atoms. The molecule has 0 aromatic heterocycles. The van der Waals surface area contributed by atoms with E-state index < -0.39 is 10.0 Å². The molecular weight excluding hydrogens is 264 g/mol. The summed E-state index contributed by atoms with van der Waals surface area (Å²) in [5, 5.41) is 2.72. The van der Waals surface area contributed by atoms with Gasteiger partial charge in [-0.05, 0) is 18.3 Å². The van der Waals surface area contributed by atoms with Gasteiger partial charge in [-0.1, -0.05) is 32.1 Å². The van der Waals surface area contributed by atoms with E-state index in [1.165, 1.54) is 32.1 Å². The molecular formula is C13H24N2O3S. The van der Waals surface area contributed by atoms with Crippen molar-refractivity contribution in [2.24, 2.45) is 11.8 Å². The molecule has 0 spiro atoms. The minimum atomic E-state index is -3.17. The van der Waals surface area contributed by atoms with Crippen molar-refractivity contribution in [2.75, 3.05) is 18.8 Å². The fraction of sp³-hybridized carbons (Fsp3) is 0.923. The molecule has 2 fully saturated rings. The van der Waals surface area contributed by atoms with Crippen LogP contribution in [0.1, 0.15) is 44.9 Å². The van der Waals surface area contributed by atoms with E-state index in [0.717, 1.165) is 6.42 Å². The Balaban J connectivity index is 1.67. The van der Waals surface area contributed by atoms with Crippen molar-refractivity contribution in [1.29, 1.82) is 0 Å². The van der Waals surface area contributed by atoms with E-state index in [4.69, 9.17) is 0 Å². The van der Waals surface area contributed by atoms with Crippen LogP contribution in [0.25, 0.3) is 0 Å². The van der Waals surface area contributed by atoms with Gasteiger partial charge in [-0.3, -0.25) is 4.79 Å². The maximum atomic E-state index is 11.9. The topological polar surface area (TPSA) is 75.3 Å². The Hall–Kier alpha value is -0.620. The molecule has 5 nitrogen and oxygen atoms in total. The Kier molecular flexibility index (Phi) is 5.21. The van der Waals surface area contributed by atoms with Gasteiger partial charge in [0.05, 0.1) is 5.75 Å². The summed E-state index contributed by atoms with van der Waals surface area (Å²) in [5.74, 6) is 0.939. The Labute approximate surface area is 115 Å². The molecule has 0 aromatic rings. The zero-order chi connectivity index (χ0) is 13.7. The molecule has 1 saturated heterocycles. The summed E-state index contributed by atoms with van der Waals surface area (Å²) in [7, 11) is -3.17. The number of amides is 1. The number of sulfonamides is 1. The summed E-state index contributed by atoms with van der Waals surface area (Å²) in [5.41, 5.74) is 0. The minimum absolute atomic E-state index is 0.0198. The molecule has 1 atom stereocenters. The lowest BCUT2D eigenvalue weighted by Crippen LogP contribution is -2.32. The summed E-state index contributed by atoms with van der Waals surface area (Å²) in [6, 6.07) is 0. The SMILES string of the molecule is O=C1CC(CNS(=O)(=O)CCC2CCCCC2)CN1. The first-order chi connectivity index (χ1) is 9.05. The van der Waals surface area contributed by atoms with E-state index in [9.17, 15) is 13.2 Å². The van der Waals surface area contributed by atoms with Crippen molar-refractivity contribution < 1.29 is 13.2 Å². The summed E-state index contributed by atoms with van der Waals surface area (Å²) in [6.45, 7) is 0.968. The highest BCUT2D eigenvalue weighted by Crippen LogP contribution is 2.26. The molecule has 1 saturated carbocycles. The zero-order valence-electron chi connectivity index (χ0n) is 11.4. The van der Waals surface area contributed by atoms with E-state index in [2.05, 4.69) is 10.0 Å². The fourth-order valence-electron chi connectivity index (χ4n) is 2.92. The first-order valence-electron chi connectivity index (χ1n) is 7.29. The van der Waals surface area contributed by atoms with Crippen molar-refractivity contribution in [2.45, 2.75) is 44.9 Å². The number of hydrogen-bond donors (Lipinski definition) is 2. The van der Waals surface area contributed by atoms with Crippen molar-refractivity contribution in [3.8, 4) is 0 Å². The second-order valence-electron chi connectivity index (χ2n) is 5.83. The smallest absolute Gasteiger partial charge is 0.220 e. The Morgan fingerprint density at radius 2 is 1.89 bits per heavy atom. The lowest BCUT2D eigenvalue weighted by molar-refractivity contribution is -0.119. The largest absolute Gasteiger partial charge is 0.356 e. The maximum Gasteiger partial charge on any atom is 0.220 e. The molecule has 1 amide bonds. The van der Waals surface area contributed by atoms with E-state index in [-0.39, 0.29) is 17.6 Å². The van der Waals surface area contributed by atoms with E-state index in [0.29, 0.717) is 25.4 Å². The van der Waals surface area contributed by atoms with Crippen LogP contribution in [0.15, 0.2) is 0 Å². The van der Waals surface area contributed by atoms with Crippen LogP contribution in [0.3, 0.4) is 0 Å². The van der Waals surface area contributed by atoms with Gasteiger partial charge in [-0.2, -0.15) is 0 Å². The number of carbonyl (C=O) groups is 1. The number of nitrogens with one attached hydrogen (secondary N) is 2. The van der Waals surface area contributed by atoms with Crippen LogP contribution >= 0.6 is 0 Å². The van der Waals surface area contributed by atoms with Gasteiger partial charge in [-0.25, -0.2) is 13.1 Å². The minimum Gasteiger partial charge on any atom is -0.356 e. The van der Waals surface area contributed by atoms with Crippen molar-refractivity contribution in [1.82, 2.24) is 10.0 Å². The fourth-order valence-corrected chi connectivity index (χ4v) is 4.20. The average Bonchev–Trinajstić information content (AvgIpc) is 2.82. The molecule has 2 rings (SSSR count). The molecule has 110 valence electrons. The van der Waals surface area contributed by atoms with Gasteiger partial charge in [0, 0.05) is 19.5 Å². The molecule has 1 aliphatic heterocycles. The third-order valence-corrected chi connectivity index (χ3v) is 5.55. The monoisotopic (exact) mass is 288 g/mol. The highest BCUT2D eigenvalue weighted by Gasteiger charge is 2.23. The number of carbonyl (C=O) groups excluding carboxylic acids is 1. The second kappa shape index (κ2) is 6.70. The van der Waals surface area contributed by atoms with E-state index in [1.54, 1.807) is 0 Å². The first kappa shape index (κ1) is 14.8. The normalized spacial score (nSPS) is 25.5. The van der Waals surface area contributed by atoms with Crippen molar-refractivity contribution in [3.05, 3.63) is 0 Å². The Bertz CT molecular complexity index is 402. The molecule has 0 bridgehead atoms. The van der Waals surface area contributed by atoms with Gasteiger partial charge in [-0.15, -0.1) is 0 Å². The Morgan fingerprint density at radius 1 is 1.16 bits per heavy atom. The van der Waals surface area contributed by atoms with Crippen LogP contribution in [-0.2, 0) is 14.8 Å². The molecule has 1 unspecified atom stereocenters.